The van der Waals surface area contributed by atoms with Crippen LogP contribution in [0.4, 0.5) is 5.69 Å². The number of amides is 1. The normalized spacial score (nSPS) is 11.6. The Morgan fingerprint density at radius 2 is 2.11 bits per heavy atom. The van der Waals surface area contributed by atoms with Gasteiger partial charge in [-0.15, -0.1) is 12.4 Å². The van der Waals surface area contributed by atoms with E-state index in [4.69, 9.17) is 10.5 Å². The first-order valence-corrected chi connectivity index (χ1v) is 5.84. The van der Waals surface area contributed by atoms with E-state index < -0.39 is 6.04 Å². The van der Waals surface area contributed by atoms with Crippen molar-refractivity contribution < 1.29 is 9.53 Å². The predicted octanol–water partition coefficient (Wildman–Crippen LogP) is 2.43. The fraction of sp³-hybridized carbons (Fsp3) is 0.462. The number of anilines is 1. The van der Waals surface area contributed by atoms with Crippen molar-refractivity contribution in [3.8, 4) is 5.75 Å². The maximum atomic E-state index is 11.7. The Balaban J connectivity index is 0.00000289. The number of halogens is 1. The van der Waals surface area contributed by atoms with Gasteiger partial charge in [0.15, 0.2) is 0 Å². The Morgan fingerprint density at radius 1 is 1.44 bits per heavy atom. The summed E-state index contributed by atoms with van der Waals surface area (Å²) in [6.07, 6.45) is 0. The first-order chi connectivity index (χ1) is 8.04. The van der Waals surface area contributed by atoms with Crippen LogP contribution in [-0.2, 0) is 4.79 Å². The third-order valence-electron chi connectivity index (χ3n) is 2.43. The summed E-state index contributed by atoms with van der Waals surface area (Å²) < 4.78 is 5.35. The molecule has 4 nitrogen and oxygen atoms in total. The van der Waals surface area contributed by atoms with Crippen molar-refractivity contribution >= 4 is 24.0 Å². The summed E-state index contributed by atoms with van der Waals surface area (Å²) in [5.74, 6) is 0.683. The first kappa shape index (κ1) is 16.7. The molecule has 0 heterocycles. The van der Waals surface area contributed by atoms with Crippen LogP contribution in [0.2, 0.25) is 0 Å². The minimum absolute atomic E-state index is 0. The van der Waals surface area contributed by atoms with Crippen LogP contribution in [0.1, 0.15) is 20.8 Å². The van der Waals surface area contributed by atoms with Gasteiger partial charge in [-0.2, -0.15) is 0 Å². The highest BCUT2D eigenvalue weighted by Gasteiger charge is 2.17. The second-order valence-corrected chi connectivity index (χ2v) is 4.22. The van der Waals surface area contributed by atoms with Crippen LogP contribution in [0, 0.1) is 5.92 Å². The molecule has 0 bridgehead atoms. The molecule has 1 aromatic carbocycles. The molecule has 0 saturated carbocycles. The van der Waals surface area contributed by atoms with Crippen LogP contribution in [0.25, 0.3) is 0 Å². The zero-order chi connectivity index (χ0) is 12.8. The molecule has 0 spiro atoms. The van der Waals surface area contributed by atoms with Crippen LogP contribution in [-0.4, -0.2) is 18.6 Å². The SMILES string of the molecule is CCOc1cccc(NC(=O)C(N)C(C)C)c1.Cl. The van der Waals surface area contributed by atoms with Crippen molar-refractivity contribution in [2.45, 2.75) is 26.8 Å². The van der Waals surface area contributed by atoms with Crippen LogP contribution in [0.15, 0.2) is 24.3 Å². The number of carbonyl (C=O) groups is 1. The molecule has 0 radical (unpaired) electrons. The van der Waals surface area contributed by atoms with Gasteiger partial charge in [-0.05, 0) is 25.0 Å². The first-order valence-electron chi connectivity index (χ1n) is 5.84. The highest BCUT2D eigenvalue weighted by atomic mass is 35.5. The molecule has 0 aliphatic heterocycles. The topological polar surface area (TPSA) is 64.3 Å². The van der Waals surface area contributed by atoms with Crippen molar-refractivity contribution in [1.82, 2.24) is 0 Å². The fourth-order valence-corrected chi connectivity index (χ4v) is 1.36. The Labute approximate surface area is 114 Å². The smallest absolute Gasteiger partial charge is 0.241 e. The summed E-state index contributed by atoms with van der Waals surface area (Å²) in [6.45, 7) is 6.35. The monoisotopic (exact) mass is 272 g/mol. The van der Waals surface area contributed by atoms with Crippen molar-refractivity contribution in [1.29, 1.82) is 0 Å². The maximum absolute atomic E-state index is 11.7. The van der Waals surface area contributed by atoms with E-state index in [-0.39, 0.29) is 24.2 Å². The molecule has 1 rings (SSSR count). The number of hydrogen-bond acceptors (Lipinski definition) is 3. The van der Waals surface area contributed by atoms with E-state index in [1.807, 2.05) is 39.0 Å². The van der Waals surface area contributed by atoms with Gasteiger partial charge in [0, 0.05) is 11.8 Å². The Bertz CT molecular complexity index is 383. The maximum Gasteiger partial charge on any atom is 0.241 e. The van der Waals surface area contributed by atoms with Crippen LogP contribution in [0.3, 0.4) is 0 Å². The summed E-state index contributed by atoms with van der Waals surface area (Å²) in [5, 5.41) is 2.78. The molecule has 1 aromatic rings. The molecule has 5 heteroatoms. The van der Waals surface area contributed by atoms with Gasteiger partial charge in [0.05, 0.1) is 12.6 Å². The van der Waals surface area contributed by atoms with Gasteiger partial charge in [0.1, 0.15) is 5.75 Å². The number of nitrogens with two attached hydrogens (primary N) is 1. The van der Waals surface area contributed by atoms with Crippen LogP contribution >= 0.6 is 12.4 Å². The summed E-state index contributed by atoms with van der Waals surface area (Å²) in [4.78, 5) is 11.7. The molecule has 0 aliphatic carbocycles. The minimum Gasteiger partial charge on any atom is -0.494 e. The zero-order valence-electron chi connectivity index (χ0n) is 11.0. The second kappa shape index (κ2) is 7.95. The number of rotatable bonds is 5. The molecule has 1 amide bonds. The minimum atomic E-state index is -0.495. The standard InChI is InChI=1S/C13H20N2O2.ClH/c1-4-17-11-7-5-6-10(8-11)15-13(16)12(14)9(2)3;/h5-9,12H,4,14H2,1-3H3,(H,15,16);1H. The molecule has 0 saturated heterocycles. The van der Waals surface area contributed by atoms with E-state index >= 15 is 0 Å². The molecular formula is C13H21ClN2O2. The lowest BCUT2D eigenvalue weighted by Crippen LogP contribution is -2.39. The van der Waals surface area contributed by atoms with Crippen LogP contribution in [0.5, 0.6) is 5.75 Å². The van der Waals surface area contributed by atoms with Crippen molar-refractivity contribution in [2.24, 2.45) is 11.7 Å². The molecule has 3 N–H and O–H groups in total. The third kappa shape index (κ3) is 4.94. The molecular weight excluding hydrogens is 252 g/mol. The van der Waals surface area contributed by atoms with E-state index in [1.54, 1.807) is 6.07 Å². The number of ether oxygens (including phenoxy) is 1. The Morgan fingerprint density at radius 3 is 2.67 bits per heavy atom. The van der Waals surface area contributed by atoms with Gasteiger partial charge in [-0.25, -0.2) is 0 Å². The summed E-state index contributed by atoms with van der Waals surface area (Å²) in [7, 11) is 0. The average molecular weight is 273 g/mol. The quantitative estimate of drug-likeness (QED) is 0.865. The molecule has 18 heavy (non-hydrogen) atoms. The van der Waals surface area contributed by atoms with Crippen molar-refractivity contribution in [2.75, 3.05) is 11.9 Å². The van der Waals surface area contributed by atoms with Crippen LogP contribution < -0.4 is 15.8 Å². The van der Waals surface area contributed by atoms with Gasteiger partial charge in [0.25, 0.3) is 0 Å². The summed E-state index contributed by atoms with van der Waals surface area (Å²) >= 11 is 0. The van der Waals surface area contributed by atoms with E-state index in [2.05, 4.69) is 5.32 Å². The largest absolute Gasteiger partial charge is 0.494 e. The van der Waals surface area contributed by atoms with Crippen molar-refractivity contribution in [3.63, 3.8) is 0 Å². The van der Waals surface area contributed by atoms with E-state index in [0.29, 0.717) is 12.3 Å². The molecule has 1 atom stereocenters. The van der Waals surface area contributed by atoms with Gasteiger partial charge < -0.3 is 15.8 Å². The zero-order valence-corrected chi connectivity index (χ0v) is 11.8. The summed E-state index contributed by atoms with van der Waals surface area (Å²) in [5.41, 5.74) is 6.47. The molecule has 1 unspecified atom stereocenters. The molecule has 0 fully saturated rings. The number of carbonyl (C=O) groups excluding carboxylic acids is 1. The lowest BCUT2D eigenvalue weighted by atomic mass is 10.0. The second-order valence-electron chi connectivity index (χ2n) is 4.22. The highest BCUT2D eigenvalue weighted by molar-refractivity contribution is 5.94. The molecule has 0 aliphatic rings. The number of hydrogen-bond donors (Lipinski definition) is 2. The highest BCUT2D eigenvalue weighted by Crippen LogP contribution is 2.17. The number of nitrogens with one attached hydrogen (secondary N) is 1. The lowest BCUT2D eigenvalue weighted by Gasteiger charge is -2.15. The lowest BCUT2D eigenvalue weighted by molar-refractivity contribution is -0.118. The average Bonchev–Trinajstić information content (AvgIpc) is 2.28. The summed E-state index contributed by atoms with van der Waals surface area (Å²) in [6, 6.07) is 6.79. The van der Waals surface area contributed by atoms with Crippen molar-refractivity contribution in [3.05, 3.63) is 24.3 Å². The van der Waals surface area contributed by atoms with E-state index in [1.165, 1.54) is 0 Å². The third-order valence-corrected chi connectivity index (χ3v) is 2.43. The van der Waals surface area contributed by atoms with Gasteiger partial charge >= 0.3 is 0 Å². The van der Waals surface area contributed by atoms with E-state index in [0.717, 1.165) is 5.75 Å². The Kier molecular flexibility index (Phi) is 7.39. The molecule has 0 aromatic heterocycles. The van der Waals surface area contributed by atoms with E-state index in [9.17, 15) is 4.79 Å². The number of benzene rings is 1. The fourth-order valence-electron chi connectivity index (χ4n) is 1.36. The van der Waals surface area contributed by atoms with Gasteiger partial charge in [-0.1, -0.05) is 19.9 Å². The molecule has 102 valence electrons. The predicted molar refractivity (Wildman–Crippen MR) is 76.3 cm³/mol. The van der Waals surface area contributed by atoms with Gasteiger partial charge in [0.2, 0.25) is 5.91 Å². The van der Waals surface area contributed by atoms with Gasteiger partial charge in [-0.3, -0.25) is 4.79 Å². The Hall–Kier alpha value is -1.26.